The minimum Gasteiger partial charge on any atom is -0.340 e. The predicted molar refractivity (Wildman–Crippen MR) is 65.3 cm³/mol. The Hall–Kier alpha value is -1.36. The molecule has 1 N–H and O–H groups in total. The van der Waals surface area contributed by atoms with E-state index in [1.165, 1.54) is 12.8 Å². The predicted octanol–water partition coefficient (Wildman–Crippen LogP) is 0.378. The van der Waals surface area contributed by atoms with E-state index in [4.69, 9.17) is 0 Å². The largest absolute Gasteiger partial charge is 0.340 e. The molecule has 17 heavy (non-hydrogen) atoms. The van der Waals surface area contributed by atoms with Gasteiger partial charge >= 0.3 is 0 Å². The normalized spacial score (nSPS) is 14.9. The maximum atomic E-state index is 11.8. The molecular formula is C12H20N4O. The van der Waals surface area contributed by atoms with Crippen molar-refractivity contribution in [3.8, 4) is 0 Å². The van der Waals surface area contributed by atoms with Gasteiger partial charge in [-0.2, -0.15) is 5.10 Å². The van der Waals surface area contributed by atoms with Gasteiger partial charge in [0.05, 0.1) is 12.7 Å². The first-order valence-electron chi connectivity index (χ1n) is 6.07. The van der Waals surface area contributed by atoms with Gasteiger partial charge in [-0.25, -0.2) is 0 Å². The zero-order valence-corrected chi connectivity index (χ0v) is 10.5. The summed E-state index contributed by atoms with van der Waals surface area (Å²) in [5.41, 5.74) is 1.06. The molecule has 0 aliphatic heterocycles. The Labute approximate surface area is 102 Å². The molecule has 0 radical (unpaired) electrons. The van der Waals surface area contributed by atoms with Crippen molar-refractivity contribution in [3.63, 3.8) is 0 Å². The molecule has 0 spiro atoms. The molecule has 0 aromatic carbocycles. The molecule has 94 valence electrons. The number of aromatic nitrogens is 2. The number of amides is 1. The minimum absolute atomic E-state index is 0.134. The summed E-state index contributed by atoms with van der Waals surface area (Å²) in [6, 6.07) is 0. The van der Waals surface area contributed by atoms with Crippen LogP contribution in [0.2, 0.25) is 0 Å². The molecule has 0 unspecified atom stereocenters. The van der Waals surface area contributed by atoms with E-state index in [0.29, 0.717) is 13.1 Å². The number of likely N-dealkylation sites (N-methyl/N-ethyl adjacent to an activating group) is 1. The van der Waals surface area contributed by atoms with Gasteiger partial charge in [0.2, 0.25) is 5.91 Å². The second-order valence-corrected chi connectivity index (χ2v) is 4.85. The van der Waals surface area contributed by atoms with Crippen LogP contribution in [0.1, 0.15) is 18.4 Å². The summed E-state index contributed by atoms with van der Waals surface area (Å²) < 4.78 is 1.75. The third-order valence-corrected chi connectivity index (χ3v) is 3.01. The molecule has 1 amide bonds. The highest BCUT2D eigenvalue weighted by Crippen LogP contribution is 2.27. The molecule has 1 aromatic rings. The zero-order chi connectivity index (χ0) is 12.3. The molecule has 2 rings (SSSR count). The van der Waals surface area contributed by atoms with Crippen LogP contribution in [0.25, 0.3) is 0 Å². The van der Waals surface area contributed by atoms with Crippen molar-refractivity contribution in [3.05, 3.63) is 18.0 Å². The molecular weight excluding hydrogens is 216 g/mol. The highest BCUT2D eigenvalue weighted by atomic mass is 16.2. The molecule has 0 bridgehead atoms. The van der Waals surface area contributed by atoms with Gasteiger partial charge in [0, 0.05) is 32.4 Å². The van der Waals surface area contributed by atoms with Crippen LogP contribution < -0.4 is 5.32 Å². The van der Waals surface area contributed by atoms with Crippen LogP contribution in [-0.4, -0.2) is 40.7 Å². The van der Waals surface area contributed by atoms with Gasteiger partial charge in [0.15, 0.2) is 0 Å². The molecule has 0 atom stereocenters. The van der Waals surface area contributed by atoms with Gasteiger partial charge in [0.1, 0.15) is 0 Å². The first-order chi connectivity index (χ1) is 8.15. The van der Waals surface area contributed by atoms with Crippen LogP contribution in [0, 0.1) is 5.92 Å². The van der Waals surface area contributed by atoms with E-state index in [1.807, 2.05) is 20.3 Å². The fraction of sp³-hybridized carbons (Fsp3) is 0.667. The number of carbonyl (C=O) groups is 1. The van der Waals surface area contributed by atoms with Gasteiger partial charge < -0.3 is 10.2 Å². The molecule has 1 aliphatic rings. The van der Waals surface area contributed by atoms with Crippen LogP contribution in [0.4, 0.5) is 0 Å². The summed E-state index contributed by atoms with van der Waals surface area (Å²) in [6.45, 7) is 2.04. The number of nitrogens with one attached hydrogen (secondary N) is 1. The summed E-state index contributed by atoms with van der Waals surface area (Å²) in [5.74, 6) is 0.945. The van der Waals surface area contributed by atoms with E-state index in [2.05, 4.69) is 10.4 Å². The molecule has 5 heteroatoms. The Kier molecular flexibility index (Phi) is 3.78. The topological polar surface area (TPSA) is 50.2 Å². The summed E-state index contributed by atoms with van der Waals surface area (Å²) in [4.78, 5) is 13.5. The van der Waals surface area contributed by atoms with Crippen molar-refractivity contribution in [2.75, 3.05) is 20.1 Å². The summed E-state index contributed by atoms with van der Waals surface area (Å²) in [7, 11) is 3.71. The van der Waals surface area contributed by atoms with E-state index in [1.54, 1.807) is 15.8 Å². The molecule has 1 aromatic heterocycles. The minimum atomic E-state index is 0.134. The lowest BCUT2D eigenvalue weighted by atomic mass is 10.3. The van der Waals surface area contributed by atoms with Crippen molar-refractivity contribution in [2.45, 2.75) is 19.4 Å². The van der Waals surface area contributed by atoms with Crippen LogP contribution in [0.15, 0.2) is 12.4 Å². The summed E-state index contributed by atoms with van der Waals surface area (Å²) in [6.07, 6.45) is 6.35. The Morgan fingerprint density at radius 2 is 2.41 bits per heavy atom. The number of aryl methyl sites for hydroxylation is 1. The fourth-order valence-electron chi connectivity index (χ4n) is 1.76. The van der Waals surface area contributed by atoms with E-state index in [-0.39, 0.29) is 5.91 Å². The highest BCUT2D eigenvalue weighted by molar-refractivity contribution is 5.77. The van der Waals surface area contributed by atoms with Gasteiger partial charge in [-0.15, -0.1) is 0 Å². The average molecular weight is 236 g/mol. The quantitative estimate of drug-likeness (QED) is 0.777. The molecule has 1 aliphatic carbocycles. The lowest BCUT2D eigenvalue weighted by molar-refractivity contribution is -0.129. The number of hydrogen-bond acceptors (Lipinski definition) is 3. The monoisotopic (exact) mass is 236 g/mol. The van der Waals surface area contributed by atoms with E-state index >= 15 is 0 Å². The standard InChI is InChI=1S/C12H20N4O/c1-15(8-11-6-14-16(2)9-11)12(17)7-13-5-10-3-4-10/h6,9-10,13H,3-5,7-8H2,1-2H3. The van der Waals surface area contributed by atoms with Gasteiger partial charge in [-0.1, -0.05) is 0 Å². The van der Waals surface area contributed by atoms with Crippen molar-refractivity contribution in [1.29, 1.82) is 0 Å². The van der Waals surface area contributed by atoms with Gasteiger partial charge in [0.25, 0.3) is 0 Å². The van der Waals surface area contributed by atoms with Crippen LogP contribution in [0.5, 0.6) is 0 Å². The molecule has 1 heterocycles. The van der Waals surface area contributed by atoms with Crippen LogP contribution >= 0.6 is 0 Å². The lowest BCUT2D eigenvalue weighted by Gasteiger charge is -2.16. The SMILES string of the molecule is CN(Cc1cnn(C)c1)C(=O)CNCC1CC1. The second-order valence-electron chi connectivity index (χ2n) is 4.85. The average Bonchev–Trinajstić information content (AvgIpc) is 3.02. The first-order valence-corrected chi connectivity index (χ1v) is 6.07. The number of carbonyl (C=O) groups excluding carboxylic acids is 1. The Balaban J connectivity index is 1.70. The number of nitrogens with zero attached hydrogens (tertiary/aromatic N) is 3. The van der Waals surface area contributed by atoms with Crippen molar-refractivity contribution >= 4 is 5.91 Å². The second kappa shape index (κ2) is 5.31. The first kappa shape index (κ1) is 12.1. The Morgan fingerprint density at radius 1 is 1.65 bits per heavy atom. The number of rotatable bonds is 6. The third-order valence-electron chi connectivity index (χ3n) is 3.01. The van der Waals surface area contributed by atoms with Crippen molar-refractivity contribution in [2.24, 2.45) is 13.0 Å². The van der Waals surface area contributed by atoms with E-state index in [9.17, 15) is 4.79 Å². The number of hydrogen-bond donors (Lipinski definition) is 1. The molecule has 1 saturated carbocycles. The van der Waals surface area contributed by atoms with Crippen LogP contribution in [0.3, 0.4) is 0 Å². The Morgan fingerprint density at radius 3 is 3.00 bits per heavy atom. The van der Waals surface area contributed by atoms with Gasteiger partial charge in [-0.05, 0) is 25.3 Å². The van der Waals surface area contributed by atoms with Crippen molar-refractivity contribution in [1.82, 2.24) is 20.0 Å². The smallest absolute Gasteiger partial charge is 0.236 e. The molecule has 0 saturated heterocycles. The highest BCUT2D eigenvalue weighted by Gasteiger charge is 2.21. The van der Waals surface area contributed by atoms with Gasteiger partial charge in [-0.3, -0.25) is 9.48 Å². The Bertz CT molecular complexity index is 384. The lowest BCUT2D eigenvalue weighted by Crippen LogP contribution is -2.35. The van der Waals surface area contributed by atoms with Crippen molar-refractivity contribution < 1.29 is 4.79 Å². The molecule has 5 nitrogen and oxygen atoms in total. The van der Waals surface area contributed by atoms with E-state index < -0.39 is 0 Å². The maximum Gasteiger partial charge on any atom is 0.236 e. The summed E-state index contributed by atoms with van der Waals surface area (Å²) in [5, 5.41) is 7.29. The zero-order valence-electron chi connectivity index (χ0n) is 10.5. The summed E-state index contributed by atoms with van der Waals surface area (Å²) >= 11 is 0. The third kappa shape index (κ3) is 3.85. The maximum absolute atomic E-state index is 11.8. The van der Waals surface area contributed by atoms with Crippen LogP contribution in [-0.2, 0) is 18.4 Å². The van der Waals surface area contributed by atoms with E-state index in [0.717, 1.165) is 18.0 Å². The fourth-order valence-corrected chi connectivity index (χ4v) is 1.76. The molecule has 1 fully saturated rings.